The molecule has 0 aromatic heterocycles. The highest BCUT2D eigenvalue weighted by Crippen LogP contribution is 2.49. The van der Waals surface area contributed by atoms with E-state index in [-0.39, 0.29) is 34.9 Å². The summed E-state index contributed by atoms with van der Waals surface area (Å²) < 4.78 is 16.2. The van der Waals surface area contributed by atoms with Crippen LogP contribution in [-0.2, 0) is 0 Å². The minimum absolute atomic E-state index is 0.0554. The van der Waals surface area contributed by atoms with Gasteiger partial charge in [-0.2, -0.15) is 5.23 Å². The van der Waals surface area contributed by atoms with Crippen LogP contribution in [0.2, 0.25) is 0 Å². The number of ether oxygens (including phenoxy) is 3. The van der Waals surface area contributed by atoms with Gasteiger partial charge in [0.1, 0.15) is 0 Å². The third-order valence-electron chi connectivity index (χ3n) is 4.23. The Hall–Kier alpha value is -3.07. The summed E-state index contributed by atoms with van der Waals surface area (Å²) >= 11 is 0. The normalized spacial score (nSPS) is 14.0. The second kappa shape index (κ2) is 5.49. The van der Waals surface area contributed by atoms with E-state index in [1.54, 1.807) is 24.3 Å². The number of quaternary nitrogens is 1. The molecule has 3 aromatic carbocycles. The Labute approximate surface area is 140 Å². The highest BCUT2D eigenvalue weighted by molar-refractivity contribution is 6.23. The number of nitrogens with one attached hydrogen (secondary N) is 1. The number of carboxylic acid groups (broad SMARTS) is 1. The molecule has 0 amide bonds. The van der Waals surface area contributed by atoms with E-state index in [9.17, 15) is 20.3 Å². The van der Waals surface area contributed by atoms with Crippen LogP contribution in [0, 0.1) is 5.21 Å². The van der Waals surface area contributed by atoms with Gasteiger partial charge in [0.15, 0.2) is 17.2 Å². The van der Waals surface area contributed by atoms with Crippen molar-refractivity contribution in [3.8, 4) is 17.2 Å². The summed E-state index contributed by atoms with van der Waals surface area (Å²) in [5.74, 6) is -0.544. The predicted octanol–water partition coefficient (Wildman–Crippen LogP) is 1.83. The van der Waals surface area contributed by atoms with Gasteiger partial charge in [-0.05, 0) is 11.5 Å². The van der Waals surface area contributed by atoms with Gasteiger partial charge in [-0.1, -0.05) is 24.3 Å². The van der Waals surface area contributed by atoms with Gasteiger partial charge >= 0.3 is 5.97 Å². The number of carbonyl (C=O) groups is 1. The van der Waals surface area contributed by atoms with Crippen LogP contribution in [0.1, 0.15) is 10.4 Å². The molecule has 0 saturated heterocycles. The summed E-state index contributed by atoms with van der Waals surface area (Å²) in [6, 6.07) is 8.29. The number of fused-ring (bicyclic) bond motifs is 5. The van der Waals surface area contributed by atoms with Crippen molar-refractivity contribution in [1.29, 1.82) is 0 Å². The molecule has 25 heavy (non-hydrogen) atoms. The van der Waals surface area contributed by atoms with Crippen molar-refractivity contribution in [3.05, 3.63) is 41.1 Å². The van der Waals surface area contributed by atoms with Crippen LogP contribution in [0.25, 0.3) is 21.5 Å². The smallest absolute Gasteiger partial charge is 0.336 e. The van der Waals surface area contributed by atoms with Crippen LogP contribution >= 0.6 is 0 Å². The second-order valence-electron chi connectivity index (χ2n) is 5.47. The van der Waals surface area contributed by atoms with Crippen molar-refractivity contribution in [1.82, 2.24) is 0 Å². The van der Waals surface area contributed by atoms with Crippen molar-refractivity contribution < 1.29 is 34.5 Å². The molecule has 1 aliphatic rings. The quantitative estimate of drug-likeness (QED) is 0.491. The minimum atomic E-state index is -1.28. The lowest BCUT2D eigenvalue weighted by Crippen LogP contribution is -2.99. The first-order valence-corrected chi connectivity index (χ1v) is 7.36. The van der Waals surface area contributed by atoms with E-state index in [1.807, 2.05) is 0 Å². The Morgan fingerprint density at radius 3 is 2.60 bits per heavy atom. The van der Waals surface area contributed by atoms with E-state index in [0.29, 0.717) is 21.9 Å². The number of aromatic carboxylic acids is 1. The molecule has 0 saturated carbocycles. The van der Waals surface area contributed by atoms with Crippen molar-refractivity contribution >= 4 is 33.2 Å². The van der Waals surface area contributed by atoms with Crippen LogP contribution in [0.5, 0.6) is 17.2 Å². The maximum Gasteiger partial charge on any atom is 0.336 e. The Morgan fingerprint density at radius 1 is 1.24 bits per heavy atom. The van der Waals surface area contributed by atoms with E-state index in [4.69, 9.17) is 14.2 Å². The topological polar surface area (TPSA) is 113 Å². The van der Waals surface area contributed by atoms with Crippen LogP contribution < -0.4 is 19.4 Å². The lowest BCUT2D eigenvalue weighted by molar-refractivity contribution is -0.990. The van der Waals surface area contributed by atoms with Gasteiger partial charge in [0, 0.05) is 10.8 Å². The van der Waals surface area contributed by atoms with E-state index in [2.05, 4.69) is 0 Å². The average Bonchev–Trinajstić information content (AvgIpc) is 3.07. The van der Waals surface area contributed by atoms with E-state index in [1.165, 1.54) is 13.2 Å². The molecule has 3 aromatic rings. The summed E-state index contributed by atoms with van der Waals surface area (Å²) in [7, 11) is 1.35. The SMILES string of the molecule is COc1c([NH+]([O-])O)c2c(C(=O)O)cc3c(c2c2ccccc12)OCO3. The Bertz CT molecular complexity index is 1030. The van der Waals surface area contributed by atoms with Gasteiger partial charge in [0.2, 0.25) is 12.5 Å². The van der Waals surface area contributed by atoms with Crippen LogP contribution in [0.4, 0.5) is 5.69 Å². The molecule has 1 unspecified atom stereocenters. The molecule has 0 radical (unpaired) electrons. The number of hydrogen-bond donors (Lipinski definition) is 3. The molecule has 128 valence electrons. The third kappa shape index (κ3) is 2.09. The monoisotopic (exact) mass is 343 g/mol. The maximum absolute atomic E-state index is 12.0. The summed E-state index contributed by atoms with van der Waals surface area (Å²) in [5, 5.41) is 31.7. The lowest BCUT2D eigenvalue weighted by atomic mass is 9.94. The fourth-order valence-electron chi connectivity index (χ4n) is 3.29. The molecule has 1 heterocycles. The van der Waals surface area contributed by atoms with Crippen molar-refractivity contribution in [2.75, 3.05) is 13.9 Å². The Kier molecular flexibility index (Phi) is 3.39. The summed E-state index contributed by atoms with van der Waals surface area (Å²) in [5.41, 5.74) is -0.396. The molecule has 0 fully saturated rings. The summed E-state index contributed by atoms with van der Waals surface area (Å²) in [6.45, 7) is -0.0593. The Balaban J connectivity index is 2.36. The van der Waals surface area contributed by atoms with Gasteiger partial charge in [0.25, 0.3) is 0 Å². The van der Waals surface area contributed by atoms with Crippen LogP contribution in [-0.4, -0.2) is 30.2 Å². The zero-order valence-corrected chi connectivity index (χ0v) is 13.0. The van der Waals surface area contributed by atoms with Gasteiger partial charge in [-0.3, -0.25) is 0 Å². The highest BCUT2D eigenvalue weighted by atomic mass is 16.8. The molecule has 0 spiro atoms. The predicted molar refractivity (Wildman–Crippen MR) is 86.9 cm³/mol. The van der Waals surface area contributed by atoms with Gasteiger partial charge < -0.3 is 24.5 Å². The van der Waals surface area contributed by atoms with Gasteiger partial charge in [-0.25, -0.2) is 10.0 Å². The van der Waals surface area contributed by atoms with Gasteiger partial charge in [0.05, 0.1) is 18.1 Å². The first-order chi connectivity index (χ1) is 12.0. The zero-order chi connectivity index (χ0) is 17.7. The van der Waals surface area contributed by atoms with Crippen LogP contribution in [0.3, 0.4) is 0 Å². The fraction of sp³-hybridized carbons (Fsp3) is 0.118. The largest absolute Gasteiger partial charge is 0.595 e. The minimum Gasteiger partial charge on any atom is -0.595 e. The van der Waals surface area contributed by atoms with E-state index in [0.717, 1.165) is 0 Å². The molecular weight excluding hydrogens is 330 g/mol. The van der Waals surface area contributed by atoms with Gasteiger partial charge in [-0.15, -0.1) is 0 Å². The second-order valence-corrected chi connectivity index (χ2v) is 5.47. The third-order valence-corrected chi connectivity index (χ3v) is 4.23. The maximum atomic E-state index is 12.0. The molecule has 8 nitrogen and oxygen atoms in total. The molecule has 8 heteroatoms. The van der Waals surface area contributed by atoms with Crippen LogP contribution in [0.15, 0.2) is 30.3 Å². The molecule has 0 bridgehead atoms. The lowest BCUT2D eigenvalue weighted by Gasteiger charge is -2.21. The zero-order valence-electron chi connectivity index (χ0n) is 13.0. The fourth-order valence-corrected chi connectivity index (χ4v) is 3.29. The van der Waals surface area contributed by atoms with Crippen molar-refractivity contribution in [3.63, 3.8) is 0 Å². The molecular formula is C17H13NO7. The number of hydrogen-bond acceptors (Lipinski definition) is 6. The summed E-state index contributed by atoms with van der Waals surface area (Å²) in [4.78, 5) is 11.8. The number of methoxy groups -OCH3 is 1. The molecule has 1 atom stereocenters. The van der Waals surface area contributed by atoms with Crippen molar-refractivity contribution in [2.24, 2.45) is 0 Å². The molecule has 3 N–H and O–H groups in total. The molecule has 1 aliphatic heterocycles. The van der Waals surface area contributed by atoms with E-state index < -0.39 is 11.2 Å². The number of benzene rings is 3. The number of rotatable bonds is 3. The van der Waals surface area contributed by atoms with Crippen molar-refractivity contribution in [2.45, 2.75) is 0 Å². The van der Waals surface area contributed by atoms with E-state index >= 15 is 0 Å². The summed E-state index contributed by atoms with van der Waals surface area (Å²) in [6.07, 6.45) is 0. The average molecular weight is 343 g/mol. The number of carboxylic acids is 1. The standard InChI is InChI=1S/C17H13NO7/c1-23-15-9-5-3-2-4-8(9)13-12(14(15)18(21)22)10(17(19)20)6-11-16(13)25-7-24-11/h2-6,18,21H,7H2,1H3,(H,19,20). The Morgan fingerprint density at radius 2 is 1.96 bits per heavy atom. The first-order valence-electron chi connectivity index (χ1n) is 7.36. The molecule has 0 aliphatic carbocycles. The highest BCUT2D eigenvalue weighted by Gasteiger charge is 2.31. The molecule has 4 rings (SSSR count). The first kappa shape index (κ1) is 15.5.